The van der Waals surface area contributed by atoms with Crippen molar-refractivity contribution >= 4 is 11.8 Å². The number of pyridine rings is 1. The first-order valence-electron chi connectivity index (χ1n) is 6.80. The van der Waals surface area contributed by atoms with Crippen LogP contribution in [0.5, 0.6) is 5.75 Å². The molecule has 0 aliphatic heterocycles. The van der Waals surface area contributed by atoms with Gasteiger partial charge >= 0.3 is 0 Å². The molecule has 21 heavy (non-hydrogen) atoms. The Hall–Kier alpha value is -1.62. The summed E-state index contributed by atoms with van der Waals surface area (Å²) in [4.78, 5) is 4.34. The molecule has 110 valence electrons. The SMILES string of the molecule is COc1c(F)cc(-c2cccnc2SCC2CC2)cc1F. The number of thioether (sulfide) groups is 1. The average Bonchev–Trinajstić information content (AvgIpc) is 3.29. The molecule has 1 aliphatic carbocycles. The molecular formula is C16H15F2NOS. The van der Waals surface area contributed by atoms with E-state index in [1.807, 2.05) is 6.07 Å². The standard InChI is InChI=1S/C16H15F2NOS/c1-20-15-13(17)7-11(8-14(15)18)12-3-2-6-19-16(12)21-9-10-4-5-10/h2-3,6-8,10H,4-5,9H2,1H3. The molecular weight excluding hydrogens is 292 g/mol. The van der Waals surface area contributed by atoms with Crippen LogP contribution in [0.2, 0.25) is 0 Å². The van der Waals surface area contributed by atoms with E-state index in [4.69, 9.17) is 4.74 Å². The van der Waals surface area contributed by atoms with E-state index in [9.17, 15) is 8.78 Å². The molecule has 2 nitrogen and oxygen atoms in total. The second kappa shape index (κ2) is 6.02. The number of rotatable bonds is 5. The largest absolute Gasteiger partial charge is 0.491 e. The summed E-state index contributed by atoms with van der Waals surface area (Å²) < 4.78 is 32.4. The maximum absolute atomic E-state index is 13.9. The van der Waals surface area contributed by atoms with Crippen LogP contribution in [0.25, 0.3) is 11.1 Å². The quantitative estimate of drug-likeness (QED) is 0.757. The molecule has 1 heterocycles. The van der Waals surface area contributed by atoms with Gasteiger partial charge in [-0.3, -0.25) is 0 Å². The number of halogens is 2. The lowest BCUT2D eigenvalue weighted by atomic mass is 10.1. The Bertz CT molecular complexity index is 635. The predicted octanol–water partition coefficient (Wildman–Crippen LogP) is 4.54. The first kappa shape index (κ1) is 14.3. The maximum atomic E-state index is 13.9. The van der Waals surface area contributed by atoms with Crippen LogP contribution in [0.3, 0.4) is 0 Å². The van der Waals surface area contributed by atoms with Gasteiger partial charge in [0.1, 0.15) is 5.03 Å². The molecule has 0 saturated heterocycles. The Morgan fingerprint density at radius 3 is 2.62 bits per heavy atom. The van der Waals surface area contributed by atoms with E-state index in [1.54, 1.807) is 24.0 Å². The fraction of sp³-hybridized carbons (Fsp3) is 0.312. The van der Waals surface area contributed by atoms with Gasteiger partial charge in [-0.2, -0.15) is 0 Å². The molecule has 1 saturated carbocycles. The van der Waals surface area contributed by atoms with Gasteiger partial charge in [0, 0.05) is 17.5 Å². The van der Waals surface area contributed by atoms with Gasteiger partial charge < -0.3 is 4.74 Å². The first-order valence-corrected chi connectivity index (χ1v) is 7.79. The van der Waals surface area contributed by atoms with Gasteiger partial charge in [-0.25, -0.2) is 13.8 Å². The van der Waals surface area contributed by atoms with E-state index in [1.165, 1.54) is 32.1 Å². The van der Waals surface area contributed by atoms with E-state index < -0.39 is 11.6 Å². The second-order valence-corrected chi connectivity index (χ2v) is 6.09. The lowest BCUT2D eigenvalue weighted by molar-refractivity contribution is 0.360. The number of hydrogen-bond acceptors (Lipinski definition) is 3. The summed E-state index contributed by atoms with van der Waals surface area (Å²) in [5.41, 5.74) is 1.24. The fourth-order valence-corrected chi connectivity index (χ4v) is 3.32. The molecule has 0 spiro atoms. The zero-order valence-corrected chi connectivity index (χ0v) is 12.4. The van der Waals surface area contributed by atoms with Crippen molar-refractivity contribution in [2.45, 2.75) is 17.9 Å². The van der Waals surface area contributed by atoms with Crippen molar-refractivity contribution in [3.63, 3.8) is 0 Å². The summed E-state index contributed by atoms with van der Waals surface area (Å²) in [6.07, 6.45) is 4.23. The Morgan fingerprint density at radius 1 is 1.29 bits per heavy atom. The smallest absolute Gasteiger partial charge is 0.190 e. The van der Waals surface area contributed by atoms with E-state index in [0.29, 0.717) is 5.56 Å². The minimum Gasteiger partial charge on any atom is -0.491 e. The van der Waals surface area contributed by atoms with Crippen molar-refractivity contribution in [1.82, 2.24) is 4.98 Å². The lowest BCUT2D eigenvalue weighted by Crippen LogP contribution is -1.95. The lowest BCUT2D eigenvalue weighted by Gasteiger charge is -2.10. The minimum absolute atomic E-state index is 0.352. The van der Waals surface area contributed by atoms with Gasteiger partial charge in [-0.1, -0.05) is 6.07 Å². The van der Waals surface area contributed by atoms with Gasteiger partial charge in [0.05, 0.1) is 7.11 Å². The van der Waals surface area contributed by atoms with Crippen molar-refractivity contribution in [3.05, 3.63) is 42.1 Å². The molecule has 0 unspecified atom stereocenters. The third-order valence-corrected chi connectivity index (χ3v) is 4.67. The van der Waals surface area contributed by atoms with Crippen molar-refractivity contribution in [1.29, 1.82) is 0 Å². The highest BCUT2D eigenvalue weighted by molar-refractivity contribution is 7.99. The molecule has 1 fully saturated rings. The van der Waals surface area contributed by atoms with Crippen molar-refractivity contribution in [2.75, 3.05) is 12.9 Å². The predicted molar refractivity (Wildman–Crippen MR) is 79.6 cm³/mol. The number of benzene rings is 1. The highest BCUT2D eigenvalue weighted by atomic mass is 32.2. The van der Waals surface area contributed by atoms with Gasteiger partial charge in [0.25, 0.3) is 0 Å². The maximum Gasteiger partial charge on any atom is 0.190 e. The molecule has 5 heteroatoms. The van der Waals surface area contributed by atoms with Gasteiger partial charge in [0.15, 0.2) is 17.4 Å². The fourth-order valence-electron chi connectivity index (χ4n) is 2.12. The summed E-state index contributed by atoms with van der Waals surface area (Å²) >= 11 is 1.65. The summed E-state index contributed by atoms with van der Waals surface area (Å²) in [5, 5.41) is 0.813. The summed E-state index contributed by atoms with van der Waals surface area (Å²) in [6.45, 7) is 0. The molecule has 3 rings (SSSR count). The molecule has 1 aromatic heterocycles. The normalized spacial score (nSPS) is 14.2. The molecule has 1 aromatic carbocycles. The van der Waals surface area contributed by atoms with Crippen LogP contribution in [0.1, 0.15) is 12.8 Å². The van der Waals surface area contributed by atoms with Crippen LogP contribution in [0.4, 0.5) is 8.78 Å². The minimum atomic E-state index is -0.700. The Labute approximate surface area is 126 Å². The average molecular weight is 307 g/mol. The summed E-state index contributed by atoms with van der Waals surface area (Å²) in [7, 11) is 1.25. The Morgan fingerprint density at radius 2 is 2.00 bits per heavy atom. The topological polar surface area (TPSA) is 22.1 Å². The molecule has 0 N–H and O–H groups in total. The zero-order chi connectivity index (χ0) is 14.8. The van der Waals surface area contributed by atoms with Crippen LogP contribution < -0.4 is 4.74 Å². The highest BCUT2D eigenvalue weighted by Gasteiger charge is 2.22. The van der Waals surface area contributed by atoms with Crippen LogP contribution >= 0.6 is 11.8 Å². The van der Waals surface area contributed by atoms with E-state index in [-0.39, 0.29) is 5.75 Å². The first-order chi connectivity index (χ1) is 10.2. The monoisotopic (exact) mass is 307 g/mol. The highest BCUT2D eigenvalue weighted by Crippen LogP contribution is 2.38. The van der Waals surface area contributed by atoms with Crippen molar-refractivity contribution < 1.29 is 13.5 Å². The van der Waals surface area contributed by atoms with Gasteiger partial charge in [-0.15, -0.1) is 11.8 Å². The Kier molecular flexibility index (Phi) is 4.10. The molecule has 0 bridgehead atoms. The van der Waals surface area contributed by atoms with Crippen LogP contribution in [-0.2, 0) is 0 Å². The number of methoxy groups -OCH3 is 1. The van der Waals surface area contributed by atoms with E-state index >= 15 is 0 Å². The van der Waals surface area contributed by atoms with Crippen LogP contribution in [0.15, 0.2) is 35.5 Å². The second-order valence-electron chi connectivity index (χ2n) is 5.08. The molecule has 1 aliphatic rings. The van der Waals surface area contributed by atoms with Gasteiger partial charge in [-0.05, 0) is 42.5 Å². The van der Waals surface area contributed by atoms with Gasteiger partial charge in [0.2, 0.25) is 0 Å². The molecule has 0 atom stereocenters. The number of nitrogens with zero attached hydrogens (tertiary/aromatic N) is 1. The summed E-state index contributed by atoms with van der Waals surface area (Å²) in [5.74, 6) is 0.0125. The Balaban J connectivity index is 1.95. The number of aromatic nitrogens is 1. The molecule has 0 radical (unpaired) electrons. The van der Waals surface area contributed by atoms with Crippen LogP contribution in [-0.4, -0.2) is 17.8 Å². The zero-order valence-electron chi connectivity index (χ0n) is 11.6. The van der Waals surface area contributed by atoms with Crippen LogP contribution in [0, 0.1) is 17.6 Å². The summed E-state index contributed by atoms with van der Waals surface area (Å²) in [6, 6.07) is 6.19. The van der Waals surface area contributed by atoms with E-state index in [0.717, 1.165) is 22.3 Å². The molecule has 0 amide bonds. The number of hydrogen-bond donors (Lipinski definition) is 0. The third-order valence-electron chi connectivity index (χ3n) is 3.44. The van der Waals surface area contributed by atoms with E-state index in [2.05, 4.69) is 4.98 Å². The van der Waals surface area contributed by atoms with Crippen molar-refractivity contribution in [2.24, 2.45) is 5.92 Å². The van der Waals surface area contributed by atoms with Crippen molar-refractivity contribution in [3.8, 4) is 16.9 Å². The third kappa shape index (κ3) is 3.18. The number of ether oxygens (including phenoxy) is 1. The molecule has 2 aromatic rings.